The smallest absolute Gasteiger partial charge is 0.407 e. The van der Waals surface area contributed by atoms with Crippen molar-refractivity contribution in [2.24, 2.45) is 5.92 Å². The lowest BCUT2D eigenvalue weighted by Crippen LogP contribution is -2.33. The molecule has 1 aromatic carbocycles. The first kappa shape index (κ1) is 18.6. The average molecular weight is 332 g/mol. The molecule has 0 bridgehead atoms. The summed E-state index contributed by atoms with van der Waals surface area (Å²) in [7, 11) is 0. The number of carbonyl (C=O) groups excluding carboxylic acids is 1. The molecule has 1 heterocycles. The molecule has 1 fully saturated rings. The van der Waals surface area contributed by atoms with E-state index in [2.05, 4.69) is 42.3 Å². The lowest BCUT2D eigenvalue weighted by Gasteiger charge is -2.20. The maximum absolute atomic E-state index is 11.6. The highest BCUT2D eigenvalue weighted by atomic mass is 16.6. The van der Waals surface area contributed by atoms with Crippen molar-refractivity contribution in [2.45, 2.75) is 59.5 Å². The van der Waals surface area contributed by atoms with Crippen molar-refractivity contribution in [3.05, 3.63) is 29.3 Å². The molecule has 134 valence electrons. The van der Waals surface area contributed by atoms with Gasteiger partial charge in [0.2, 0.25) is 0 Å². The van der Waals surface area contributed by atoms with Gasteiger partial charge < -0.3 is 15.0 Å². The van der Waals surface area contributed by atoms with E-state index in [1.807, 2.05) is 20.8 Å². The Morgan fingerprint density at radius 2 is 1.92 bits per heavy atom. The van der Waals surface area contributed by atoms with Crippen molar-refractivity contribution in [2.75, 3.05) is 24.5 Å². The molecule has 1 amide bonds. The molecule has 1 aliphatic rings. The van der Waals surface area contributed by atoms with Crippen LogP contribution in [0.25, 0.3) is 0 Å². The summed E-state index contributed by atoms with van der Waals surface area (Å²) in [6.07, 6.45) is 3.08. The third kappa shape index (κ3) is 6.06. The second-order valence-electron chi connectivity index (χ2n) is 8.02. The van der Waals surface area contributed by atoms with Crippen molar-refractivity contribution in [3.8, 4) is 0 Å². The summed E-state index contributed by atoms with van der Waals surface area (Å²) in [6.45, 7) is 12.9. The molecule has 0 aromatic heterocycles. The summed E-state index contributed by atoms with van der Waals surface area (Å²) in [5.74, 6) is 0.714. The van der Waals surface area contributed by atoms with Gasteiger partial charge in [-0.25, -0.2) is 4.79 Å². The number of hydrogen-bond donors (Lipinski definition) is 1. The summed E-state index contributed by atoms with van der Waals surface area (Å²) in [6, 6.07) is 6.78. The number of carbonyl (C=O) groups is 1. The van der Waals surface area contributed by atoms with E-state index in [4.69, 9.17) is 4.74 Å². The lowest BCUT2D eigenvalue weighted by atomic mass is 10.0. The van der Waals surface area contributed by atoms with Crippen LogP contribution >= 0.6 is 0 Å². The highest BCUT2D eigenvalue weighted by molar-refractivity contribution is 5.67. The Labute approximate surface area is 146 Å². The average Bonchev–Trinajstić information content (AvgIpc) is 2.89. The Morgan fingerprint density at radius 1 is 1.25 bits per heavy atom. The Kier molecular flexibility index (Phi) is 6.14. The standard InChI is InChI=1S/C20H32N2O2/c1-15-11-16(2)13-18(12-15)22-10-8-17(14-22)7-6-9-21-19(23)24-20(3,4)5/h11-13,17H,6-10,14H2,1-5H3,(H,21,23). The van der Waals surface area contributed by atoms with Crippen LogP contribution in [0.3, 0.4) is 0 Å². The van der Waals surface area contributed by atoms with E-state index >= 15 is 0 Å². The minimum absolute atomic E-state index is 0.314. The zero-order valence-corrected chi connectivity index (χ0v) is 15.8. The number of nitrogens with zero attached hydrogens (tertiary/aromatic N) is 1. The van der Waals surface area contributed by atoms with E-state index in [-0.39, 0.29) is 6.09 Å². The SMILES string of the molecule is Cc1cc(C)cc(N2CCC(CCCNC(=O)OC(C)(C)C)C2)c1. The second-order valence-corrected chi connectivity index (χ2v) is 8.02. The van der Waals surface area contributed by atoms with Gasteiger partial charge in [0.25, 0.3) is 0 Å². The van der Waals surface area contributed by atoms with Gasteiger partial charge in [-0.1, -0.05) is 6.07 Å². The maximum atomic E-state index is 11.6. The Morgan fingerprint density at radius 3 is 2.54 bits per heavy atom. The van der Waals surface area contributed by atoms with Crippen LogP contribution in [-0.2, 0) is 4.74 Å². The molecule has 0 saturated carbocycles. The topological polar surface area (TPSA) is 41.6 Å². The van der Waals surface area contributed by atoms with Gasteiger partial charge in [-0.2, -0.15) is 0 Å². The fourth-order valence-corrected chi connectivity index (χ4v) is 3.33. The molecule has 1 N–H and O–H groups in total. The monoisotopic (exact) mass is 332 g/mol. The fraction of sp³-hybridized carbons (Fsp3) is 0.650. The number of amides is 1. The second kappa shape index (κ2) is 7.91. The van der Waals surface area contributed by atoms with Crippen molar-refractivity contribution >= 4 is 11.8 Å². The number of ether oxygens (including phenoxy) is 1. The fourth-order valence-electron chi connectivity index (χ4n) is 3.33. The minimum atomic E-state index is -0.429. The molecule has 0 spiro atoms. The van der Waals surface area contributed by atoms with Gasteiger partial charge in [-0.05, 0) is 83.1 Å². The van der Waals surface area contributed by atoms with Crippen LogP contribution in [0.15, 0.2) is 18.2 Å². The number of anilines is 1. The molecule has 0 radical (unpaired) electrons. The maximum Gasteiger partial charge on any atom is 0.407 e. The van der Waals surface area contributed by atoms with E-state index in [0.29, 0.717) is 12.5 Å². The van der Waals surface area contributed by atoms with Crippen LogP contribution in [-0.4, -0.2) is 31.3 Å². The molecular weight excluding hydrogens is 300 g/mol. The minimum Gasteiger partial charge on any atom is -0.444 e. The molecule has 1 atom stereocenters. The molecule has 1 unspecified atom stereocenters. The molecular formula is C20H32N2O2. The molecule has 1 saturated heterocycles. The van der Waals surface area contributed by atoms with E-state index in [1.165, 1.54) is 23.2 Å². The Balaban J connectivity index is 1.70. The number of alkyl carbamates (subject to hydrolysis) is 1. The third-order valence-electron chi connectivity index (χ3n) is 4.31. The Hall–Kier alpha value is -1.71. The zero-order chi connectivity index (χ0) is 17.7. The molecule has 4 nitrogen and oxygen atoms in total. The molecule has 1 aromatic rings. The molecule has 24 heavy (non-hydrogen) atoms. The van der Waals surface area contributed by atoms with Crippen LogP contribution in [0.4, 0.5) is 10.5 Å². The first-order chi connectivity index (χ1) is 11.2. The zero-order valence-electron chi connectivity index (χ0n) is 15.8. The van der Waals surface area contributed by atoms with Gasteiger partial charge in [-0.3, -0.25) is 0 Å². The van der Waals surface area contributed by atoms with Gasteiger partial charge in [0, 0.05) is 25.3 Å². The van der Waals surface area contributed by atoms with Crippen molar-refractivity contribution in [1.82, 2.24) is 5.32 Å². The van der Waals surface area contributed by atoms with Crippen molar-refractivity contribution in [3.63, 3.8) is 0 Å². The van der Waals surface area contributed by atoms with Gasteiger partial charge in [0.15, 0.2) is 0 Å². The highest BCUT2D eigenvalue weighted by Gasteiger charge is 2.22. The van der Waals surface area contributed by atoms with Crippen LogP contribution in [0.2, 0.25) is 0 Å². The number of benzene rings is 1. The largest absolute Gasteiger partial charge is 0.444 e. The summed E-state index contributed by atoms with van der Waals surface area (Å²) >= 11 is 0. The summed E-state index contributed by atoms with van der Waals surface area (Å²) in [5, 5.41) is 2.85. The lowest BCUT2D eigenvalue weighted by molar-refractivity contribution is 0.0526. The number of aryl methyl sites for hydroxylation is 2. The number of hydrogen-bond acceptors (Lipinski definition) is 3. The number of nitrogens with one attached hydrogen (secondary N) is 1. The first-order valence-electron chi connectivity index (χ1n) is 9.03. The van der Waals surface area contributed by atoms with E-state index in [9.17, 15) is 4.79 Å². The molecule has 0 aliphatic carbocycles. The normalized spacial score (nSPS) is 17.9. The van der Waals surface area contributed by atoms with Crippen molar-refractivity contribution in [1.29, 1.82) is 0 Å². The van der Waals surface area contributed by atoms with Crippen LogP contribution in [0.1, 0.15) is 51.2 Å². The quantitative estimate of drug-likeness (QED) is 0.811. The predicted octanol–water partition coefficient (Wildman–Crippen LogP) is 4.43. The van der Waals surface area contributed by atoms with Gasteiger partial charge >= 0.3 is 6.09 Å². The van der Waals surface area contributed by atoms with E-state index in [1.54, 1.807) is 0 Å². The molecule has 4 heteroatoms. The van der Waals surface area contributed by atoms with Crippen LogP contribution in [0.5, 0.6) is 0 Å². The number of rotatable bonds is 5. The first-order valence-corrected chi connectivity index (χ1v) is 9.03. The molecule has 1 aliphatic heterocycles. The summed E-state index contributed by atoms with van der Waals surface area (Å²) in [5.41, 5.74) is 3.58. The van der Waals surface area contributed by atoms with Gasteiger partial charge in [-0.15, -0.1) is 0 Å². The highest BCUT2D eigenvalue weighted by Crippen LogP contribution is 2.27. The summed E-state index contributed by atoms with van der Waals surface area (Å²) < 4.78 is 5.25. The van der Waals surface area contributed by atoms with E-state index in [0.717, 1.165) is 25.9 Å². The van der Waals surface area contributed by atoms with Crippen molar-refractivity contribution < 1.29 is 9.53 Å². The van der Waals surface area contributed by atoms with E-state index < -0.39 is 5.60 Å². The molecule has 2 rings (SSSR count). The summed E-state index contributed by atoms with van der Waals surface area (Å²) in [4.78, 5) is 14.1. The third-order valence-corrected chi connectivity index (χ3v) is 4.31. The Bertz CT molecular complexity index is 543. The van der Waals surface area contributed by atoms with Crippen LogP contribution in [0, 0.1) is 19.8 Å². The van der Waals surface area contributed by atoms with Gasteiger partial charge in [0.05, 0.1) is 0 Å². The van der Waals surface area contributed by atoms with Crippen LogP contribution < -0.4 is 10.2 Å². The predicted molar refractivity (Wildman–Crippen MR) is 99.7 cm³/mol. The van der Waals surface area contributed by atoms with Gasteiger partial charge in [0.1, 0.15) is 5.60 Å².